The molecule has 0 saturated carbocycles. The van der Waals surface area contributed by atoms with Gasteiger partial charge in [-0.25, -0.2) is 13.1 Å². The normalized spacial score (nSPS) is 13.3. The zero-order chi connectivity index (χ0) is 16.8. The molecule has 0 fully saturated rings. The van der Waals surface area contributed by atoms with E-state index >= 15 is 0 Å². The van der Waals surface area contributed by atoms with Crippen LogP contribution in [0.15, 0.2) is 41.5 Å². The van der Waals surface area contributed by atoms with E-state index in [9.17, 15) is 8.42 Å². The number of aromatic nitrogens is 3. The van der Waals surface area contributed by atoms with Crippen LogP contribution in [0.25, 0.3) is 0 Å². The average Bonchev–Trinajstić information content (AvgIpc) is 2.88. The Balaban J connectivity index is 2.69. The molecule has 120 valence electrons. The van der Waals surface area contributed by atoms with Crippen molar-refractivity contribution in [3.63, 3.8) is 0 Å². The van der Waals surface area contributed by atoms with Gasteiger partial charge in [-0.05, 0) is 19.9 Å². The first-order valence-corrected chi connectivity index (χ1v) is 7.95. The third kappa shape index (κ3) is 5.94. The van der Waals surface area contributed by atoms with Gasteiger partial charge in [0.05, 0.1) is 23.6 Å². The van der Waals surface area contributed by atoms with Crippen LogP contribution in [0.5, 0.6) is 0 Å². The molecule has 0 radical (unpaired) electrons. The fraction of sp³-hybridized carbons (Fsp3) is 0.333. The fourth-order valence-electron chi connectivity index (χ4n) is 1.37. The minimum Gasteiger partial charge on any atom is -0.426 e. The summed E-state index contributed by atoms with van der Waals surface area (Å²) in [4.78, 5) is 0.159. The van der Waals surface area contributed by atoms with Gasteiger partial charge in [0.25, 0.3) is 0 Å². The molecule has 0 atom stereocenters. The molecule has 0 spiro atoms. The summed E-state index contributed by atoms with van der Waals surface area (Å²) in [5.41, 5.74) is 1.22. The van der Waals surface area contributed by atoms with Crippen LogP contribution in [0.2, 0.25) is 0 Å². The van der Waals surface area contributed by atoms with E-state index in [1.54, 1.807) is 12.2 Å². The van der Waals surface area contributed by atoms with Crippen LogP contribution in [-0.4, -0.2) is 40.6 Å². The maximum Gasteiger partial charge on any atom is 0.474 e. The van der Waals surface area contributed by atoms with E-state index < -0.39 is 17.1 Å². The first-order valence-electron chi connectivity index (χ1n) is 6.47. The lowest BCUT2D eigenvalue weighted by Crippen LogP contribution is -2.24. The topological polar surface area (TPSA) is 117 Å². The Labute approximate surface area is 130 Å². The smallest absolute Gasteiger partial charge is 0.426 e. The average molecular weight is 326 g/mol. The number of allylic oxidation sites excluding steroid dienone is 5. The summed E-state index contributed by atoms with van der Waals surface area (Å²) in [5.74, 6) is 0. The molecule has 1 heterocycles. The van der Waals surface area contributed by atoms with Gasteiger partial charge < -0.3 is 10.0 Å². The Morgan fingerprint density at radius 2 is 2.14 bits per heavy atom. The molecule has 10 heteroatoms. The van der Waals surface area contributed by atoms with E-state index in [0.29, 0.717) is 5.69 Å². The SMILES string of the molecule is C=C/C(C)=C\C=C(/C)S(=O)(=O)NCc1cn(CB(O)O)nn1. The molecule has 0 aliphatic rings. The van der Waals surface area contributed by atoms with Gasteiger partial charge in [0, 0.05) is 6.20 Å². The molecular formula is C12H19BN4O4S. The van der Waals surface area contributed by atoms with E-state index in [1.165, 1.54) is 23.9 Å². The third-order valence-electron chi connectivity index (χ3n) is 2.71. The number of nitrogens with zero attached hydrogens (tertiary/aromatic N) is 3. The van der Waals surface area contributed by atoms with Crippen LogP contribution in [0.4, 0.5) is 0 Å². The van der Waals surface area contributed by atoms with Crippen molar-refractivity contribution in [1.82, 2.24) is 19.7 Å². The van der Waals surface area contributed by atoms with Gasteiger partial charge in [0.2, 0.25) is 10.0 Å². The summed E-state index contributed by atoms with van der Waals surface area (Å²) >= 11 is 0. The monoisotopic (exact) mass is 326 g/mol. The molecule has 0 aliphatic carbocycles. The Hall–Kier alpha value is -1.75. The van der Waals surface area contributed by atoms with Crippen LogP contribution < -0.4 is 4.72 Å². The highest BCUT2D eigenvalue weighted by Gasteiger charge is 2.14. The quantitative estimate of drug-likeness (QED) is 0.448. The molecule has 0 saturated heterocycles. The summed E-state index contributed by atoms with van der Waals surface area (Å²) in [5, 5.41) is 25.0. The van der Waals surface area contributed by atoms with Crippen LogP contribution in [0.1, 0.15) is 19.5 Å². The number of rotatable bonds is 8. The van der Waals surface area contributed by atoms with Crippen LogP contribution in [-0.2, 0) is 23.0 Å². The minimum absolute atomic E-state index is 0.0425. The van der Waals surface area contributed by atoms with Crippen molar-refractivity contribution in [1.29, 1.82) is 0 Å². The summed E-state index contributed by atoms with van der Waals surface area (Å²) in [7, 11) is -5.16. The molecule has 0 amide bonds. The van der Waals surface area contributed by atoms with Crippen LogP contribution >= 0.6 is 0 Å². The van der Waals surface area contributed by atoms with Gasteiger partial charge in [-0.15, -0.1) is 5.10 Å². The number of hydrogen-bond acceptors (Lipinski definition) is 6. The van der Waals surface area contributed by atoms with Crippen molar-refractivity contribution in [3.8, 4) is 0 Å². The maximum atomic E-state index is 12.0. The molecule has 1 aromatic heterocycles. The van der Waals surface area contributed by atoms with E-state index in [-0.39, 0.29) is 17.9 Å². The first kappa shape index (κ1) is 18.3. The van der Waals surface area contributed by atoms with Crippen LogP contribution in [0, 0.1) is 0 Å². The second-order valence-corrected chi connectivity index (χ2v) is 6.57. The molecule has 22 heavy (non-hydrogen) atoms. The first-order chi connectivity index (χ1) is 10.2. The molecule has 1 aromatic rings. The lowest BCUT2D eigenvalue weighted by Gasteiger charge is -2.04. The summed E-state index contributed by atoms with van der Waals surface area (Å²) in [6.07, 6.45) is 6.06. The summed E-state index contributed by atoms with van der Waals surface area (Å²) < 4.78 is 27.6. The molecule has 0 bridgehead atoms. The number of sulfonamides is 1. The predicted molar refractivity (Wildman–Crippen MR) is 83.7 cm³/mol. The highest BCUT2D eigenvalue weighted by molar-refractivity contribution is 7.93. The van der Waals surface area contributed by atoms with Gasteiger partial charge in [0.15, 0.2) is 0 Å². The van der Waals surface area contributed by atoms with Gasteiger partial charge in [-0.1, -0.05) is 29.5 Å². The molecule has 8 nitrogen and oxygen atoms in total. The number of hydrogen-bond donors (Lipinski definition) is 3. The Bertz CT molecular complexity index is 679. The van der Waals surface area contributed by atoms with Gasteiger partial charge in [-0.3, -0.25) is 4.68 Å². The molecule has 3 N–H and O–H groups in total. The zero-order valence-corrected chi connectivity index (χ0v) is 13.3. The van der Waals surface area contributed by atoms with E-state index in [2.05, 4.69) is 21.6 Å². The molecule has 0 aliphatic heterocycles. The van der Waals surface area contributed by atoms with Crippen molar-refractivity contribution in [3.05, 3.63) is 47.2 Å². The standard InChI is InChI=1S/C12H19BN4O4S/c1-4-10(2)5-6-11(3)22(20,21)14-7-12-8-17(16-15-12)9-13(18)19/h4-6,8,14,18-19H,1,7,9H2,2-3H3/b10-5-,11-6+. The van der Waals surface area contributed by atoms with E-state index in [0.717, 1.165) is 5.57 Å². The largest absolute Gasteiger partial charge is 0.474 e. The molecule has 0 aromatic carbocycles. The Morgan fingerprint density at radius 1 is 1.45 bits per heavy atom. The van der Waals surface area contributed by atoms with E-state index in [4.69, 9.17) is 10.0 Å². The molecule has 1 rings (SSSR count). The summed E-state index contributed by atoms with van der Waals surface area (Å²) in [6.45, 7) is 6.83. The highest BCUT2D eigenvalue weighted by Crippen LogP contribution is 2.06. The number of nitrogens with one attached hydrogen (secondary N) is 1. The predicted octanol–water partition coefficient (Wildman–Crippen LogP) is -0.254. The minimum atomic E-state index is -3.62. The second kappa shape index (κ2) is 8.04. The van der Waals surface area contributed by atoms with Crippen molar-refractivity contribution in [2.24, 2.45) is 0 Å². The maximum absolute atomic E-state index is 12.0. The van der Waals surface area contributed by atoms with Gasteiger partial charge >= 0.3 is 7.12 Å². The van der Waals surface area contributed by atoms with Crippen molar-refractivity contribution in [2.75, 3.05) is 0 Å². The Morgan fingerprint density at radius 3 is 2.73 bits per heavy atom. The third-order valence-corrected chi connectivity index (χ3v) is 4.21. The Kier molecular flexibility index (Phi) is 6.69. The lowest BCUT2D eigenvalue weighted by atomic mass is 9.93. The molecule has 0 unspecified atom stereocenters. The summed E-state index contributed by atoms with van der Waals surface area (Å²) in [6, 6.07) is 0. The van der Waals surface area contributed by atoms with Gasteiger partial charge in [0.1, 0.15) is 0 Å². The van der Waals surface area contributed by atoms with Crippen molar-refractivity contribution >= 4 is 17.1 Å². The van der Waals surface area contributed by atoms with Crippen LogP contribution in [0.3, 0.4) is 0 Å². The van der Waals surface area contributed by atoms with Crippen molar-refractivity contribution < 1.29 is 18.5 Å². The molecular weight excluding hydrogens is 307 g/mol. The van der Waals surface area contributed by atoms with Crippen molar-refractivity contribution in [2.45, 2.75) is 26.8 Å². The highest BCUT2D eigenvalue weighted by atomic mass is 32.2. The fourth-order valence-corrected chi connectivity index (χ4v) is 2.18. The second-order valence-electron chi connectivity index (χ2n) is 4.63. The van der Waals surface area contributed by atoms with E-state index in [1.807, 2.05) is 6.92 Å². The van der Waals surface area contributed by atoms with Gasteiger partial charge in [-0.2, -0.15) is 0 Å². The zero-order valence-electron chi connectivity index (χ0n) is 12.5. The lowest BCUT2D eigenvalue weighted by molar-refractivity contribution is 0.386.